The molecule has 0 aromatic heterocycles. The lowest BCUT2D eigenvalue weighted by Gasteiger charge is -2.11. The molecule has 0 atom stereocenters. The second-order valence-corrected chi connectivity index (χ2v) is 4.42. The molecule has 2 aromatic rings. The molecule has 1 nitrogen and oxygen atoms in total. The van der Waals surface area contributed by atoms with Gasteiger partial charge in [0.05, 0.1) is 0 Å². The SMILES string of the molecule is Cc1cc(C)c(-c2ccc(O)cc2F)cc1C. The topological polar surface area (TPSA) is 20.2 Å². The number of rotatable bonds is 1. The molecule has 0 heterocycles. The van der Waals surface area contributed by atoms with Crippen molar-refractivity contribution in [3.05, 3.63) is 52.8 Å². The number of halogens is 1. The lowest BCUT2D eigenvalue weighted by Crippen LogP contribution is -1.91. The van der Waals surface area contributed by atoms with Crippen LogP contribution in [0, 0.1) is 26.6 Å². The predicted octanol–water partition coefficient (Wildman–Crippen LogP) is 4.12. The van der Waals surface area contributed by atoms with Gasteiger partial charge in [0.1, 0.15) is 11.6 Å². The van der Waals surface area contributed by atoms with Crippen molar-refractivity contribution >= 4 is 0 Å². The Morgan fingerprint density at radius 1 is 0.824 bits per heavy atom. The van der Waals surface area contributed by atoms with E-state index in [1.54, 1.807) is 6.07 Å². The van der Waals surface area contributed by atoms with Crippen LogP contribution in [0.25, 0.3) is 11.1 Å². The van der Waals surface area contributed by atoms with Crippen LogP contribution in [-0.4, -0.2) is 5.11 Å². The van der Waals surface area contributed by atoms with E-state index in [1.807, 2.05) is 26.8 Å². The maximum Gasteiger partial charge on any atom is 0.134 e. The third-order valence-electron chi connectivity index (χ3n) is 3.08. The molecule has 0 aliphatic rings. The molecule has 0 spiro atoms. The number of hydrogen-bond acceptors (Lipinski definition) is 1. The van der Waals surface area contributed by atoms with E-state index in [2.05, 4.69) is 6.07 Å². The van der Waals surface area contributed by atoms with E-state index in [9.17, 15) is 9.50 Å². The molecule has 1 N–H and O–H groups in total. The summed E-state index contributed by atoms with van der Waals surface area (Å²) >= 11 is 0. The van der Waals surface area contributed by atoms with Gasteiger partial charge in [0, 0.05) is 11.6 Å². The fourth-order valence-corrected chi connectivity index (χ4v) is 1.97. The summed E-state index contributed by atoms with van der Waals surface area (Å²) in [5.41, 5.74) is 4.79. The molecule has 17 heavy (non-hydrogen) atoms. The lowest BCUT2D eigenvalue weighted by atomic mass is 9.95. The predicted molar refractivity (Wildman–Crippen MR) is 67.7 cm³/mol. The summed E-state index contributed by atoms with van der Waals surface area (Å²) in [4.78, 5) is 0. The van der Waals surface area contributed by atoms with Gasteiger partial charge in [0.15, 0.2) is 0 Å². The van der Waals surface area contributed by atoms with E-state index in [-0.39, 0.29) is 5.75 Å². The number of phenolic OH excluding ortho intramolecular Hbond substituents is 1. The zero-order valence-corrected chi connectivity index (χ0v) is 10.2. The van der Waals surface area contributed by atoms with Gasteiger partial charge in [-0.3, -0.25) is 0 Å². The van der Waals surface area contributed by atoms with Crippen molar-refractivity contribution in [2.45, 2.75) is 20.8 Å². The number of hydrogen-bond donors (Lipinski definition) is 1. The molecular weight excluding hydrogens is 215 g/mol. The van der Waals surface area contributed by atoms with Crippen molar-refractivity contribution in [1.82, 2.24) is 0 Å². The summed E-state index contributed by atoms with van der Waals surface area (Å²) < 4.78 is 13.8. The molecule has 2 heteroatoms. The first-order chi connectivity index (χ1) is 7.99. The number of benzene rings is 2. The van der Waals surface area contributed by atoms with Crippen LogP contribution in [0.5, 0.6) is 5.75 Å². The highest BCUT2D eigenvalue weighted by atomic mass is 19.1. The van der Waals surface area contributed by atoms with Gasteiger partial charge in [-0.15, -0.1) is 0 Å². The zero-order valence-electron chi connectivity index (χ0n) is 10.2. The normalized spacial score (nSPS) is 10.6. The maximum absolute atomic E-state index is 13.8. The van der Waals surface area contributed by atoms with Crippen LogP contribution in [0.4, 0.5) is 4.39 Å². The van der Waals surface area contributed by atoms with Gasteiger partial charge in [-0.05, 0) is 55.2 Å². The Kier molecular flexibility index (Phi) is 2.88. The van der Waals surface area contributed by atoms with E-state index in [0.29, 0.717) is 5.56 Å². The van der Waals surface area contributed by atoms with Crippen molar-refractivity contribution in [3.8, 4) is 16.9 Å². The Labute approximate surface area is 101 Å². The zero-order chi connectivity index (χ0) is 12.6. The van der Waals surface area contributed by atoms with Gasteiger partial charge in [0.2, 0.25) is 0 Å². The Bertz CT molecular complexity index is 573. The molecule has 0 saturated carbocycles. The van der Waals surface area contributed by atoms with Crippen LogP contribution < -0.4 is 0 Å². The average Bonchev–Trinajstić information content (AvgIpc) is 2.24. The highest BCUT2D eigenvalue weighted by Crippen LogP contribution is 2.30. The van der Waals surface area contributed by atoms with E-state index in [1.165, 1.54) is 11.6 Å². The third-order valence-corrected chi connectivity index (χ3v) is 3.08. The van der Waals surface area contributed by atoms with Crippen molar-refractivity contribution in [1.29, 1.82) is 0 Å². The molecule has 0 saturated heterocycles. The number of aromatic hydroxyl groups is 1. The van der Waals surface area contributed by atoms with E-state index in [4.69, 9.17) is 0 Å². The van der Waals surface area contributed by atoms with Crippen molar-refractivity contribution in [2.75, 3.05) is 0 Å². The summed E-state index contributed by atoms with van der Waals surface area (Å²) in [5.74, 6) is -0.441. The molecule has 0 aliphatic carbocycles. The molecule has 0 fully saturated rings. The second-order valence-electron chi connectivity index (χ2n) is 4.42. The largest absolute Gasteiger partial charge is 0.508 e. The monoisotopic (exact) mass is 230 g/mol. The Hall–Kier alpha value is -1.83. The van der Waals surface area contributed by atoms with E-state index in [0.717, 1.165) is 22.8 Å². The van der Waals surface area contributed by atoms with Crippen molar-refractivity contribution < 1.29 is 9.50 Å². The van der Waals surface area contributed by atoms with Crippen LogP contribution in [0.2, 0.25) is 0 Å². The van der Waals surface area contributed by atoms with Gasteiger partial charge < -0.3 is 5.11 Å². The molecule has 88 valence electrons. The van der Waals surface area contributed by atoms with Crippen LogP contribution >= 0.6 is 0 Å². The van der Waals surface area contributed by atoms with Crippen LogP contribution in [0.15, 0.2) is 30.3 Å². The molecule has 2 rings (SSSR count). The summed E-state index contributed by atoms with van der Waals surface area (Å²) in [6, 6.07) is 8.30. The smallest absolute Gasteiger partial charge is 0.134 e. The minimum Gasteiger partial charge on any atom is -0.508 e. The summed E-state index contributed by atoms with van der Waals surface area (Å²) in [6.07, 6.45) is 0. The molecule has 0 unspecified atom stereocenters. The molecule has 0 amide bonds. The summed E-state index contributed by atoms with van der Waals surface area (Å²) in [6.45, 7) is 6.02. The summed E-state index contributed by atoms with van der Waals surface area (Å²) in [5, 5.41) is 9.21. The first kappa shape index (κ1) is 11.6. The first-order valence-electron chi connectivity index (χ1n) is 5.56. The van der Waals surface area contributed by atoms with Gasteiger partial charge in [-0.2, -0.15) is 0 Å². The Morgan fingerprint density at radius 3 is 2.12 bits per heavy atom. The van der Waals surface area contributed by atoms with E-state index >= 15 is 0 Å². The molecule has 2 aromatic carbocycles. The molecular formula is C15H15FO. The first-order valence-corrected chi connectivity index (χ1v) is 5.56. The quantitative estimate of drug-likeness (QED) is 0.781. The standard InChI is InChI=1S/C15H15FO/c1-9-6-11(3)14(7-10(9)2)13-5-4-12(17)8-15(13)16/h4-8,17H,1-3H3. The van der Waals surface area contributed by atoms with Gasteiger partial charge in [-0.1, -0.05) is 12.1 Å². The summed E-state index contributed by atoms with van der Waals surface area (Å²) in [7, 11) is 0. The van der Waals surface area contributed by atoms with Gasteiger partial charge in [-0.25, -0.2) is 4.39 Å². The highest BCUT2D eigenvalue weighted by molar-refractivity contribution is 5.69. The van der Waals surface area contributed by atoms with Crippen LogP contribution in [-0.2, 0) is 0 Å². The highest BCUT2D eigenvalue weighted by Gasteiger charge is 2.09. The van der Waals surface area contributed by atoms with Crippen molar-refractivity contribution in [2.24, 2.45) is 0 Å². The maximum atomic E-state index is 13.8. The fraction of sp³-hybridized carbons (Fsp3) is 0.200. The number of aryl methyl sites for hydroxylation is 3. The second kappa shape index (κ2) is 4.21. The Morgan fingerprint density at radius 2 is 1.47 bits per heavy atom. The minimum atomic E-state index is -0.392. The average molecular weight is 230 g/mol. The minimum absolute atomic E-state index is 0.0484. The van der Waals surface area contributed by atoms with E-state index < -0.39 is 5.82 Å². The van der Waals surface area contributed by atoms with Crippen LogP contribution in [0.3, 0.4) is 0 Å². The number of phenols is 1. The lowest BCUT2D eigenvalue weighted by molar-refractivity contribution is 0.469. The molecule has 0 radical (unpaired) electrons. The van der Waals surface area contributed by atoms with Crippen molar-refractivity contribution in [3.63, 3.8) is 0 Å². The third kappa shape index (κ3) is 2.16. The fourth-order valence-electron chi connectivity index (χ4n) is 1.97. The molecule has 0 aliphatic heterocycles. The Balaban J connectivity index is 2.64. The van der Waals surface area contributed by atoms with Gasteiger partial charge in [0.25, 0.3) is 0 Å². The van der Waals surface area contributed by atoms with Gasteiger partial charge >= 0.3 is 0 Å². The molecule has 0 bridgehead atoms. The van der Waals surface area contributed by atoms with Crippen LogP contribution in [0.1, 0.15) is 16.7 Å².